The highest BCUT2D eigenvalue weighted by Crippen LogP contribution is 2.26. The summed E-state index contributed by atoms with van der Waals surface area (Å²) in [6.45, 7) is 0. The molecule has 0 aliphatic carbocycles. The van der Waals surface area contributed by atoms with Gasteiger partial charge in [0.05, 0.1) is 12.8 Å². The molecule has 0 aliphatic rings. The Hall–Kier alpha value is -2.50. The normalized spacial score (nSPS) is 10.3. The second-order valence-corrected chi connectivity index (χ2v) is 3.73. The highest BCUT2D eigenvalue weighted by Gasteiger charge is 2.19. The maximum absolute atomic E-state index is 13.8. The molecule has 0 fully saturated rings. The van der Waals surface area contributed by atoms with Crippen LogP contribution in [0.5, 0.6) is 0 Å². The Kier molecular flexibility index (Phi) is 3.41. The van der Waals surface area contributed by atoms with E-state index in [-0.39, 0.29) is 22.6 Å². The zero-order chi connectivity index (χ0) is 14.0. The Morgan fingerprint density at radius 3 is 2.58 bits per heavy atom. The van der Waals surface area contributed by atoms with E-state index in [9.17, 15) is 13.6 Å². The highest BCUT2D eigenvalue weighted by molar-refractivity contribution is 5.93. The molecular formula is C13H10F2N2O2. The number of anilines is 1. The summed E-state index contributed by atoms with van der Waals surface area (Å²) in [5.41, 5.74) is 4.74. The lowest BCUT2D eigenvalue weighted by atomic mass is 10.1. The van der Waals surface area contributed by atoms with E-state index in [1.165, 1.54) is 24.3 Å². The second-order valence-electron chi connectivity index (χ2n) is 3.73. The molecule has 1 aromatic carbocycles. The van der Waals surface area contributed by atoms with Crippen molar-refractivity contribution in [3.05, 3.63) is 47.7 Å². The summed E-state index contributed by atoms with van der Waals surface area (Å²) >= 11 is 0. The average molecular weight is 264 g/mol. The first-order valence-electron chi connectivity index (χ1n) is 5.34. The zero-order valence-electron chi connectivity index (χ0n) is 9.98. The molecule has 98 valence electrons. The molecule has 2 aromatic rings. The number of benzene rings is 1. The molecule has 6 heteroatoms. The van der Waals surface area contributed by atoms with Crippen LogP contribution in [0.3, 0.4) is 0 Å². The molecule has 0 unspecified atom stereocenters. The number of methoxy groups -OCH3 is 1. The zero-order valence-corrected chi connectivity index (χ0v) is 9.98. The number of nitrogen functional groups attached to an aromatic ring is 1. The van der Waals surface area contributed by atoms with Crippen LogP contribution < -0.4 is 5.73 Å². The van der Waals surface area contributed by atoms with Gasteiger partial charge in [0.2, 0.25) is 0 Å². The summed E-state index contributed by atoms with van der Waals surface area (Å²) in [6, 6.07) is 6.45. The number of hydrogen-bond donors (Lipinski definition) is 1. The molecule has 0 radical (unpaired) electrons. The fourth-order valence-electron chi connectivity index (χ4n) is 1.61. The lowest BCUT2D eigenvalue weighted by Crippen LogP contribution is -2.10. The molecule has 1 aromatic heterocycles. The number of ether oxygens (including phenoxy) is 1. The molecule has 1 heterocycles. The third kappa shape index (κ3) is 2.37. The molecule has 0 aliphatic heterocycles. The van der Waals surface area contributed by atoms with Gasteiger partial charge in [-0.3, -0.25) is 0 Å². The Labute approximate surface area is 107 Å². The first-order valence-corrected chi connectivity index (χ1v) is 5.34. The first kappa shape index (κ1) is 12.9. The third-order valence-corrected chi connectivity index (χ3v) is 2.51. The standard InChI is InChI=1S/C13H10F2N2O2/c1-19-13(18)12-10(16)6-9(15)11(17-12)7-4-2-3-5-8(7)14/h2-6H,16H2,1H3. The van der Waals surface area contributed by atoms with Gasteiger partial charge in [0.25, 0.3) is 0 Å². The molecule has 4 nitrogen and oxygen atoms in total. The van der Waals surface area contributed by atoms with Crippen molar-refractivity contribution in [1.82, 2.24) is 4.98 Å². The van der Waals surface area contributed by atoms with Gasteiger partial charge in [0.1, 0.15) is 11.5 Å². The van der Waals surface area contributed by atoms with Gasteiger partial charge in [0.15, 0.2) is 11.5 Å². The molecule has 0 amide bonds. The average Bonchev–Trinajstić information content (AvgIpc) is 2.39. The highest BCUT2D eigenvalue weighted by atomic mass is 19.1. The molecule has 2 rings (SSSR count). The van der Waals surface area contributed by atoms with Gasteiger partial charge in [-0.05, 0) is 12.1 Å². The maximum Gasteiger partial charge on any atom is 0.358 e. The molecular weight excluding hydrogens is 254 g/mol. The minimum Gasteiger partial charge on any atom is -0.464 e. The Morgan fingerprint density at radius 2 is 1.95 bits per heavy atom. The fraction of sp³-hybridized carbons (Fsp3) is 0.0769. The van der Waals surface area contributed by atoms with Crippen LogP contribution in [0.1, 0.15) is 10.5 Å². The number of carbonyl (C=O) groups excluding carboxylic acids is 1. The number of esters is 1. The molecule has 0 atom stereocenters. The van der Waals surface area contributed by atoms with E-state index in [1.54, 1.807) is 0 Å². The van der Waals surface area contributed by atoms with Crippen LogP contribution in [0.25, 0.3) is 11.3 Å². The van der Waals surface area contributed by atoms with Crippen LogP contribution in [-0.4, -0.2) is 18.1 Å². The minimum atomic E-state index is -0.810. The molecule has 0 bridgehead atoms. The van der Waals surface area contributed by atoms with Crippen LogP contribution >= 0.6 is 0 Å². The molecule has 0 spiro atoms. The third-order valence-electron chi connectivity index (χ3n) is 2.51. The Morgan fingerprint density at radius 1 is 1.26 bits per heavy atom. The summed E-state index contributed by atoms with van der Waals surface area (Å²) in [7, 11) is 1.15. The fourth-order valence-corrected chi connectivity index (χ4v) is 1.61. The lowest BCUT2D eigenvalue weighted by Gasteiger charge is -2.08. The van der Waals surface area contributed by atoms with Crippen molar-refractivity contribution in [3.8, 4) is 11.3 Å². The molecule has 0 saturated heterocycles. The van der Waals surface area contributed by atoms with E-state index in [0.29, 0.717) is 0 Å². The van der Waals surface area contributed by atoms with Crippen molar-refractivity contribution in [2.24, 2.45) is 0 Å². The van der Waals surface area contributed by atoms with Gasteiger partial charge in [-0.2, -0.15) is 0 Å². The lowest BCUT2D eigenvalue weighted by molar-refractivity contribution is 0.0595. The predicted molar refractivity (Wildman–Crippen MR) is 65.3 cm³/mol. The summed E-state index contributed by atoms with van der Waals surface area (Å²) in [6.07, 6.45) is 0. The summed E-state index contributed by atoms with van der Waals surface area (Å²) < 4.78 is 31.9. The number of halogens is 2. The van der Waals surface area contributed by atoms with Crippen LogP contribution in [0, 0.1) is 11.6 Å². The topological polar surface area (TPSA) is 65.2 Å². The summed E-state index contributed by atoms with van der Waals surface area (Å²) in [5.74, 6) is -2.26. The van der Waals surface area contributed by atoms with Crippen molar-refractivity contribution >= 4 is 11.7 Å². The van der Waals surface area contributed by atoms with Gasteiger partial charge in [-0.15, -0.1) is 0 Å². The number of pyridine rings is 1. The van der Waals surface area contributed by atoms with Crippen LogP contribution in [0.2, 0.25) is 0 Å². The van der Waals surface area contributed by atoms with Crippen LogP contribution in [0.15, 0.2) is 30.3 Å². The summed E-state index contributed by atoms with van der Waals surface area (Å²) in [4.78, 5) is 15.2. The number of nitrogens with two attached hydrogens (primary N) is 1. The van der Waals surface area contributed by atoms with E-state index in [2.05, 4.69) is 9.72 Å². The van der Waals surface area contributed by atoms with E-state index in [4.69, 9.17) is 5.73 Å². The minimum absolute atomic E-state index is 0.0508. The number of rotatable bonds is 2. The number of nitrogens with zero attached hydrogens (tertiary/aromatic N) is 1. The number of carbonyl (C=O) groups is 1. The van der Waals surface area contributed by atoms with Gasteiger partial charge in [-0.25, -0.2) is 18.6 Å². The molecule has 19 heavy (non-hydrogen) atoms. The van der Waals surface area contributed by atoms with Crippen molar-refractivity contribution < 1.29 is 18.3 Å². The quantitative estimate of drug-likeness (QED) is 0.846. The monoisotopic (exact) mass is 264 g/mol. The number of hydrogen-bond acceptors (Lipinski definition) is 4. The predicted octanol–water partition coefficient (Wildman–Crippen LogP) is 2.40. The summed E-state index contributed by atoms with van der Waals surface area (Å²) in [5, 5.41) is 0. The molecule has 2 N–H and O–H groups in total. The van der Waals surface area contributed by atoms with Crippen molar-refractivity contribution in [2.45, 2.75) is 0 Å². The van der Waals surface area contributed by atoms with Gasteiger partial charge < -0.3 is 10.5 Å². The van der Waals surface area contributed by atoms with Crippen molar-refractivity contribution in [1.29, 1.82) is 0 Å². The number of aromatic nitrogens is 1. The van der Waals surface area contributed by atoms with Gasteiger partial charge in [0, 0.05) is 11.6 Å². The first-order chi connectivity index (χ1) is 9.04. The molecule has 0 saturated carbocycles. The van der Waals surface area contributed by atoms with Crippen molar-refractivity contribution in [2.75, 3.05) is 12.8 Å². The second kappa shape index (κ2) is 5.01. The smallest absolute Gasteiger partial charge is 0.358 e. The Balaban J connectivity index is 2.65. The largest absolute Gasteiger partial charge is 0.464 e. The van der Waals surface area contributed by atoms with Crippen LogP contribution in [-0.2, 0) is 4.74 Å². The maximum atomic E-state index is 13.8. The van der Waals surface area contributed by atoms with E-state index in [1.807, 2.05) is 0 Å². The van der Waals surface area contributed by atoms with Gasteiger partial charge in [-0.1, -0.05) is 12.1 Å². The van der Waals surface area contributed by atoms with Crippen LogP contribution in [0.4, 0.5) is 14.5 Å². The SMILES string of the molecule is COC(=O)c1nc(-c2ccccc2F)c(F)cc1N. The Bertz CT molecular complexity index is 645. The van der Waals surface area contributed by atoms with E-state index >= 15 is 0 Å². The van der Waals surface area contributed by atoms with Crippen molar-refractivity contribution in [3.63, 3.8) is 0 Å². The van der Waals surface area contributed by atoms with E-state index in [0.717, 1.165) is 13.2 Å². The van der Waals surface area contributed by atoms with E-state index < -0.39 is 17.6 Å². The van der Waals surface area contributed by atoms with Gasteiger partial charge >= 0.3 is 5.97 Å².